The Kier molecular flexibility index (Phi) is 4.69. The van der Waals surface area contributed by atoms with E-state index in [9.17, 15) is 9.59 Å². The third-order valence-electron chi connectivity index (χ3n) is 5.87. The van der Waals surface area contributed by atoms with Crippen molar-refractivity contribution in [1.82, 2.24) is 25.5 Å². The first kappa shape index (κ1) is 19.3. The van der Waals surface area contributed by atoms with Crippen LogP contribution >= 0.6 is 0 Å². The second-order valence-electron chi connectivity index (χ2n) is 8.37. The summed E-state index contributed by atoms with van der Waals surface area (Å²) >= 11 is 0. The van der Waals surface area contributed by atoms with Crippen LogP contribution in [0.25, 0.3) is 21.9 Å². The van der Waals surface area contributed by atoms with Crippen molar-refractivity contribution in [2.45, 2.75) is 26.3 Å². The Labute approximate surface area is 179 Å². The van der Waals surface area contributed by atoms with Gasteiger partial charge in [0.2, 0.25) is 11.8 Å². The molecule has 3 heterocycles. The topological polar surface area (TPSA) is 107 Å². The van der Waals surface area contributed by atoms with Gasteiger partial charge in [-0.1, -0.05) is 38.1 Å². The molecule has 0 saturated carbocycles. The van der Waals surface area contributed by atoms with Crippen LogP contribution in [-0.2, 0) is 9.59 Å². The van der Waals surface area contributed by atoms with Crippen molar-refractivity contribution in [3.8, 4) is 0 Å². The molecule has 158 valence electrons. The Morgan fingerprint density at radius 2 is 1.87 bits per heavy atom. The Bertz CT molecular complexity index is 1240. The Hall–Kier alpha value is -3.68. The van der Waals surface area contributed by atoms with E-state index in [0.29, 0.717) is 12.4 Å². The van der Waals surface area contributed by atoms with Crippen LogP contribution in [0, 0.1) is 11.8 Å². The molecule has 3 N–H and O–H groups in total. The summed E-state index contributed by atoms with van der Waals surface area (Å²) in [5.74, 6) is 0.760. The van der Waals surface area contributed by atoms with Crippen molar-refractivity contribution in [3.05, 3.63) is 54.4 Å². The van der Waals surface area contributed by atoms with Crippen LogP contribution in [-0.4, -0.2) is 38.5 Å². The molecule has 8 heteroatoms. The molecule has 31 heavy (non-hydrogen) atoms. The molecule has 2 atom stereocenters. The van der Waals surface area contributed by atoms with Crippen molar-refractivity contribution < 1.29 is 9.59 Å². The highest BCUT2D eigenvalue weighted by molar-refractivity contribution is 6.05. The maximum atomic E-state index is 13.1. The van der Waals surface area contributed by atoms with Gasteiger partial charge in [-0.05, 0) is 30.2 Å². The molecule has 0 radical (unpaired) electrons. The molecule has 0 aliphatic carbocycles. The number of imidazole rings is 1. The van der Waals surface area contributed by atoms with Crippen molar-refractivity contribution in [2.75, 3.05) is 11.4 Å². The Morgan fingerprint density at radius 1 is 1.13 bits per heavy atom. The summed E-state index contributed by atoms with van der Waals surface area (Å²) < 4.78 is 0. The molecule has 1 aliphatic rings. The number of carbonyl (C=O) groups excluding carboxylic acids is 2. The van der Waals surface area contributed by atoms with E-state index in [1.165, 1.54) is 0 Å². The summed E-state index contributed by atoms with van der Waals surface area (Å²) in [5, 5.41) is 11.3. The second-order valence-corrected chi connectivity index (χ2v) is 8.37. The maximum absolute atomic E-state index is 13.1. The molecule has 8 nitrogen and oxygen atoms in total. The second kappa shape index (κ2) is 7.54. The lowest BCUT2D eigenvalue weighted by molar-refractivity contribution is -0.127. The highest BCUT2D eigenvalue weighted by Gasteiger charge is 2.38. The number of carbonyl (C=O) groups is 2. The van der Waals surface area contributed by atoms with Crippen LogP contribution in [0.3, 0.4) is 0 Å². The fraction of sp³-hybridized carbons (Fsp3) is 0.304. The van der Waals surface area contributed by atoms with Gasteiger partial charge in [0.25, 0.3) is 0 Å². The van der Waals surface area contributed by atoms with Crippen molar-refractivity contribution in [2.24, 2.45) is 11.8 Å². The summed E-state index contributed by atoms with van der Waals surface area (Å²) in [6, 6.07) is 15.2. The molecule has 4 aromatic rings. The molecule has 1 aliphatic heterocycles. The van der Waals surface area contributed by atoms with Gasteiger partial charge in [-0.25, -0.2) is 4.98 Å². The molecular weight excluding hydrogens is 392 g/mol. The van der Waals surface area contributed by atoms with Crippen LogP contribution in [0.2, 0.25) is 0 Å². The fourth-order valence-corrected chi connectivity index (χ4v) is 4.18. The van der Waals surface area contributed by atoms with Crippen LogP contribution in [0.15, 0.2) is 48.5 Å². The van der Waals surface area contributed by atoms with Gasteiger partial charge in [0.05, 0.1) is 28.5 Å². The molecule has 1 fully saturated rings. The van der Waals surface area contributed by atoms with E-state index in [-0.39, 0.29) is 30.2 Å². The van der Waals surface area contributed by atoms with Gasteiger partial charge in [-0.2, -0.15) is 5.10 Å². The fourth-order valence-electron chi connectivity index (χ4n) is 4.18. The predicted molar refractivity (Wildman–Crippen MR) is 118 cm³/mol. The number of aromatic amines is 2. The molecule has 0 unspecified atom stereocenters. The molecule has 5 rings (SSSR count). The van der Waals surface area contributed by atoms with Gasteiger partial charge in [0, 0.05) is 18.4 Å². The van der Waals surface area contributed by atoms with Crippen LogP contribution < -0.4 is 10.2 Å². The Morgan fingerprint density at radius 3 is 2.65 bits per heavy atom. The summed E-state index contributed by atoms with van der Waals surface area (Å²) in [6.45, 7) is 4.39. The summed E-state index contributed by atoms with van der Waals surface area (Å²) in [5.41, 5.74) is 2.66. The average Bonchev–Trinajstić information content (AvgIpc) is 3.47. The van der Waals surface area contributed by atoms with Gasteiger partial charge in [-0.15, -0.1) is 0 Å². The van der Waals surface area contributed by atoms with Crippen LogP contribution in [0.5, 0.6) is 0 Å². The number of hydrogen-bond donors (Lipinski definition) is 3. The number of anilines is 1. The normalized spacial score (nSPS) is 17.7. The zero-order valence-electron chi connectivity index (χ0n) is 17.4. The number of rotatable bonds is 5. The number of aromatic nitrogens is 4. The first-order valence-corrected chi connectivity index (χ1v) is 10.5. The molecule has 2 aromatic carbocycles. The smallest absolute Gasteiger partial charge is 0.229 e. The number of hydrogen-bond acceptors (Lipinski definition) is 4. The molecular formula is C23H24N6O2. The number of amides is 2. The minimum atomic E-state index is -0.436. The molecule has 2 aromatic heterocycles. The van der Waals surface area contributed by atoms with Crippen LogP contribution in [0.4, 0.5) is 5.82 Å². The zero-order valence-corrected chi connectivity index (χ0v) is 17.4. The van der Waals surface area contributed by atoms with Crippen molar-refractivity contribution in [1.29, 1.82) is 0 Å². The van der Waals surface area contributed by atoms with E-state index in [0.717, 1.165) is 27.8 Å². The van der Waals surface area contributed by atoms with Gasteiger partial charge in [-0.3, -0.25) is 19.6 Å². The number of nitrogens with one attached hydrogen (secondary N) is 3. The monoisotopic (exact) mass is 416 g/mol. The SMILES string of the molecule is CC(C)[C@H](NC(=O)[C@H]1CC(=O)N(c2n[nH]c3ccccc23)C1)c1nc2ccccc2[nH]1. The first-order valence-electron chi connectivity index (χ1n) is 10.5. The summed E-state index contributed by atoms with van der Waals surface area (Å²) in [6.07, 6.45) is 0.165. The highest BCUT2D eigenvalue weighted by Crippen LogP contribution is 2.30. The standard InChI is InChI=1S/C23H24N6O2/c1-13(2)20(21-24-17-9-5-6-10-18(17)25-21)26-23(31)14-11-19(30)29(12-14)22-15-7-3-4-8-16(15)27-28-22/h3-10,13-14,20H,11-12H2,1-2H3,(H,24,25)(H,26,31)(H,27,28)/t14-,20-/m0/s1. The Balaban J connectivity index is 1.35. The lowest BCUT2D eigenvalue weighted by Crippen LogP contribution is -2.38. The van der Waals surface area contributed by atoms with E-state index < -0.39 is 5.92 Å². The minimum Gasteiger partial charge on any atom is -0.346 e. The summed E-state index contributed by atoms with van der Waals surface area (Å²) in [7, 11) is 0. The van der Waals surface area contributed by atoms with Gasteiger partial charge >= 0.3 is 0 Å². The van der Waals surface area contributed by atoms with Gasteiger partial charge < -0.3 is 10.3 Å². The van der Waals surface area contributed by atoms with E-state index in [2.05, 4.69) is 25.5 Å². The number of para-hydroxylation sites is 3. The van der Waals surface area contributed by atoms with E-state index in [4.69, 9.17) is 0 Å². The van der Waals surface area contributed by atoms with Gasteiger partial charge in [0.1, 0.15) is 5.82 Å². The minimum absolute atomic E-state index is 0.0952. The lowest BCUT2D eigenvalue weighted by Gasteiger charge is -2.22. The maximum Gasteiger partial charge on any atom is 0.229 e. The number of benzene rings is 2. The predicted octanol–water partition coefficient (Wildman–Crippen LogP) is 3.31. The van der Waals surface area contributed by atoms with Gasteiger partial charge in [0.15, 0.2) is 5.82 Å². The number of H-pyrrole nitrogens is 2. The lowest BCUT2D eigenvalue weighted by atomic mass is 10.0. The third kappa shape index (κ3) is 3.43. The van der Waals surface area contributed by atoms with E-state index >= 15 is 0 Å². The molecule has 1 saturated heterocycles. The molecule has 0 spiro atoms. The van der Waals surface area contributed by atoms with Crippen molar-refractivity contribution >= 4 is 39.6 Å². The highest BCUT2D eigenvalue weighted by atomic mass is 16.2. The third-order valence-corrected chi connectivity index (χ3v) is 5.87. The van der Waals surface area contributed by atoms with E-state index in [1.54, 1.807) is 4.90 Å². The average molecular weight is 416 g/mol. The van der Waals surface area contributed by atoms with Crippen LogP contribution in [0.1, 0.15) is 32.1 Å². The number of fused-ring (bicyclic) bond motifs is 2. The zero-order chi connectivity index (χ0) is 21.5. The molecule has 2 amide bonds. The first-order chi connectivity index (χ1) is 15.0. The number of nitrogens with zero attached hydrogens (tertiary/aromatic N) is 3. The molecule has 0 bridgehead atoms. The van der Waals surface area contributed by atoms with E-state index in [1.807, 2.05) is 62.4 Å². The summed E-state index contributed by atoms with van der Waals surface area (Å²) in [4.78, 5) is 35.4. The van der Waals surface area contributed by atoms with Crippen molar-refractivity contribution in [3.63, 3.8) is 0 Å². The largest absolute Gasteiger partial charge is 0.346 e. The quantitative estimate of drug-likeness (QED) is 0.464.